The molecular formula is C20H23BrN2. The Morgan fingerprint density at radius 1 is 1.13 bits per heavy atom. The molecule has 0 amide bonds. The standard InChI is InChI=1S/C20H23BrN2/c1-4-20(2,3)12-17-16-11-14(21)8-9-18(16)23-19(17)13-6-5-7-15(22)10-13/h5-11,23H,4,12,22H2,1-3H3. The Balaban J connectivity index is 2.24. The van der Waals surface area contributed by atoms with Gasteiger partial charge in [-0.05, 0) is 47.7 Å². The smallest absolute Gasteiger partial charge is 0.0498 e. The van der Waals surface area contributed by atoms with Crippen molar-refractivity contribution in [2.45, 2.75) is 33.6 Å². The van der Waals surface area contributed by atoms with Gasteiger partial charge in [-0.2, -0.15) is 0 Å². The van der Waals surface area contributed by atoms with E-state index in [0.29, 0.717) is 0 Å². The van der Waals surface area contributed by atoms with Gasteiger partial charge in [-0.15, -0.1) is 0 Å². The van der Waals surface area contributed by atoms with Crippen LogP contribution in [0.5, 0.6) is 0 Å². The van der Waals surface area contributed by atoms with Crippen LogP contribution in [0.25, 0.3) is 22.2 Å². The number of anilines is 1. The highest BCUT2D eigenvalue weighted by atomic mass is 79.9. The summed E-state index contributed by atoms with van der Waals surface area (Å²) in [7, 11) is 0. The highest BCUT2D eigenvalue weighted by Crippen LogP contribution is 2.37. The summed E-state index contributed by atoms with van der Waals surface area (Å²) in [4.78, 5) is 3.61. The van der Waals surface area contributed by atoms with Crippen LogP contribution in [0, 0.1) is 5.41 Å². The molecule has 120 valence electrons. The number of aromatic nitrogens is 1. The third-order valence-electron chi connectivity index (χ3n) is 4.66. The number of hydrogen-bond donors (Lipinski definition) is 2. The number of rotatable bonds is 4. The SMILES string of the molecule is CCC(C)(C)Cc1c(-c2cccc(N)c2)[nH]c2ccc(Br)cc12. The second-order valence-corrected chi connectivity index (χ2v) is 7.90. The number of fused-ring (bicyclic) bond motifs is 1. The fraction of sp³-hybridized carbons (Fsp3) is 0.300. The Hall–Kier alpha value is -1.74. The predicted molar refractivity (Wildman–Crippen MR) is 104 cm³/mol. The lowest BCUT2D eigenvalue weighted by Gasteiger charge is -2.23. The van der Waals surface area contributed by atoms with E-state index < -0.39 is 0 Å². The predicted octanol–water partition coefficient (Wildman–Crippen LogP) is 6.16. The molecule has 0 bridgehead atoms. The molecule has 0 spiro atoms. The van der Waals surface area contributed by atoms with E-state index in [-0.39, 0.29) is 5.41 Å². The molecule has 1 aromatic heterocycles. The molecule has 3 heteroatoms. The van der Waals surface area contributed by atoms with Crippen LogP contribution in [-0.2, 0) is 6.42 Å². The average molecular weight is 371 g/mol. The zero-order chi connectivity index (χ0) is 16.6. The van der Waals surface area contributed by atoms with Gasteiger partial charge in [-0.1, -0.05) is 55.3 Å². The molecule has 2 nitrogen and oxygen atoms in total. The number of nitrogens with one attached hydrogen (secondary N) is 1. The van der Waals surface area contributed by atoms with E-state index in [1.54, 1.807) is 0 Å². The zero-order valence-corrected chi connectivity index (χ0v) is 15.5. The second kappa shape index (κ2) is 6.04. The summed E-state index contributed by atoms with van der Waals surface area (Å²) < 4.78 is 1.11. The first-order valence-corrected chi connectivity index (χ1v) is 8.85. The van der Waals surface area contributed by atoms with Crippen molar-refractivity contribution < 1.29 is 0 Å². The molecule has 0 unspecified atom stereocenters. The molecule has 3 rings (SSSR count). The number of nitrogen functional groups attached to an aromatic ring is 1. The molecule has 1 heterocycles. The largest absolute Gasteiger partial charge is 0.399 e. The molecule has 0 aliphatic carbocycles. The maximum Gasteiger partial charge on any atom is 0.0498 e. The highest BCUT2D eigenvalue weighted by molar-refractivity contribution is 9.10. The minimum atomic E-state index is 0.256. The minimum Gasteiger partial charge on any atom is -0.399 e. The lowest BCUT2D eigenvalue weighted by atomic mass is 9.82. The number of halogens is 1. The van der Waals surface area contributed by atoms with Crippen LogP contribution in [0.2, 0.25) is 0 Å². The number of H-pyrrole nitrogens is 1. The fourth-order valence-corrected chi connectivity index (χ4v) is 3.31. The van der Waals surface area contributed by atoms with E-state index in [1.165, 1.54) is 22.2 Å². The summed E-state index contributed by atoms with van der Waals surface area (Å²) in [6, 6.07) is 14.5. The molecule has 2 aromatic carbocycles. The summed E-state index contributed by atoms with van der Waals surface area (Å²) in [5, 5.41) is 1.29. The fourth-order valence-electron chi connectivity index (χ4n) is 2.95. The Labute approximate surface area is 146 Å². The van der Waals surface area contributed by atoms with Crippen LogP contribution in [0.4, 0.5) is 5.69 Å². The summed E-state index contributed by atoms with van der Waals surface area (Å²) in [6.45, 7) is 6.91. The van der Waals surface area contributed by atoms with Crippen LogP contribution in [-0.4, -0.2) is 4.98 Å². The van der Waals surface area contributed by atoms with Crippen molar-refractivity contribution in [2.24, 2.45) is 5.41 Å². The molecule has 0 aliphatic heterocycles. The van der Waals surface area contributed by atoms with Gasteiger partial charge in [0.1, 0.15) is 0 Å². The van der Waals surface area contributed by atoms with Crippen molar-refractivity contribution >= 4 is 32.5 Å². The lowest BCUT2D eigenvalue weighted by Crippen LogP contribution is -2.13. The van der Waals surface area contributed by atoms with E-state index in [2.05, 4.69) is 66.0 Å². The van der Waals surface area contributed by atoms with Gasteiger partial charge >= 0.3 is 0 Å². The topological polar surface area (TPSA) is 41.8 Å². The Morgan fingerprint density at radius 3 is 2.61 bits per heavy atom. The van der Waals surface area contributed by atoms with Gasteiger partial charge in [0.05, 0.1) is 0 Å². The van der Waals surface area contributed by atoms with E-state index >= 15 is 0 Å². The molecule has 23 heavy (non-hydrogen) atoms. The molecule has 3 aromatic rings. The molecule has 0 aliphatic rings. The van der Waals surface area contributed by atoms with Crippen LogP contribution in [0.15, 0.2) is 46.9 Å². The number of benzene rings is 2. The summed E-state index contributed by atoms with van der Waals surface area (Å²) >= 11 is 3.61. The lowest BCUT2D eigenvalue weighted by molar-refractivity contribution is 0.350. The van der Waals surface area contributed by atoms with E-state index in [0.717, 1.165) is 28.6 Å². The van der Waals surface area contributed by atoms with Crippen LogP contribution in [0.1, 0.15) is 32.8 Å². The molecule has 0 saturated carbocycles. The van der Waals surface area contributed by atoms with Gasteiger partial charge < -0.3 is 10.7 Å². The van der Waals surface area contributed by atoms with Gasteiger partial charge in [0, 0.05) is 32.3 Å². The minimum absolute atomic E-state index is 0.256. The third-order valence-corrected chi connectivity index (χ3v) is 5.15. The van der Waals surface area contributed by atoms with E-state index in [1.807, 2.05) is 18.2 Å². The first-order valence-electron chi connectivity index (χ1n) is 8.05. The van der Waals surface area contributed by atoms with Gasteiger partial charge in [-0.25, -0.2) is 0 Å². The Kier molecular flexibility index (Phi) is 4.24. The Morgan fingerprint density at radius 2 is 1.91 bits per heavy atom. The van der Waals surface area contributed by atoms with Crippen molar-refractivity contribution in [1.29, 1.82) is 0 Å². The Bertz CT molecular complexity index is 846. The van der Waals surface area contributed by atoms with Crippen molar-refractivity contribution in [2.75, 3.05) is 5.73 Å². The number of hydrogen-bond acceptors (Lipinski definition) is 1. The van der Waals surface area contributed by atoms with E-state index in [9.17, 15) is 0 Å². The van der Waals surface area contributed by atoms with Crippen LogP contribution in [0.3, 0.4) is 0 Å². The molecule has 0 saturated heterocycles. The average Bonchev–Trinajstić information content (AvgIpc) is 2.85. The molecule has 0 radical (unpaired) electrons. The van der Waals surface area contributed by atoms with Crippen molar-refractivity contribution in [3.63, 3.8) is 0 Å². The van der Waals surface area contributed by atoms with Gasteiger partial charge in [-0.3, -0.25) is 0 Å². The maximum absolute atomic E-state index is 6.00. The molecule has 3 N–H and O–H groups in total. The zero-order valence-electron chi connectivity index (χ0n) is 13.9. The van der Waals surface area contributed by atoms with Crippen LogP contribution >= 0.6 is 15.9 Å². The first-order chi connectivity index (χ1) is 10.9. The van der Waals surface area contributed by atoms with E-state index in [4.69, 9.17) is 5.73 Å². The third kappa shape index (κ3) is 3.30. The summed E-state index contributed by atoms with van der Waals surface area (Å²) in [5.41, 5.74) is 11.9. The van der Waals surface area contributed by atoms with Crippen LogP contribution < -0.4 is 5.73 Å². The summed E-state index contributed by atoms with van der Waals surface area (Å²) in [6.07, 6.45) is 2.17. The molecular weight excluding hydrogens is 348 g/mol. The number of aromatic amines is 1. The normalized spacial score (nSPS) is 12.0. The van der Waals surface area contributed by atoms with Gasteiger partial charge in [0.15, 0.2) is 0 Å². The number of nitrogens with two attached hydrogens (primary N) is 1. The second-order valence-electron chi connectivity index (χ2n) is 6.99. The van der Waals surface area contributed by atoms with Crippen molar-refractivity contribution in [1.82, 2.24) is 4.98 Å². The monoisotopic (exact) mass is 370 g/mol. The highest BCUT2D eigenvalue weighted by Gasteiger charge is 2.22. The van der Waals surface area contributed by atoms with Crippen molar-refractivity contribution in [3.8, 4) is 11.3 Å². The van der Waals surface area contributed by atoms with Crippen molar-refractivity contribution in [3.05, 3.63) is 52.5 Å². The summed E-state index contributed by atoms with van der Waals surface area (Å²) in [5.74, 6) is 0. The van der Waals surface area contributed by atoms with Gasteiger partial charge in [0.2, 0.25) is 0 Å². The maximum atomic E-state index is 6.00. The quantitative estimate of drug-likeness (QED) is 0.530. The molecule has 0 fully saturated rings. The first kappa shape index (κ1) is 16.1. The van der Waals surface area contributed by atoms with Gasteiger partial charge in [0.25, 0.3) is 0 Å². The molecule has 0 atom stereocenters.